The van der Waals surface area contributed by atoms with Gasteiger partial charge in [-0.25, -0.2) is 9.59 Å². The minimum Gasteiger partial charge on any atom is -0.456 e. The first-order valence-corrected chi connectivity index (χ1v) is 8.16. The number of ether oxygens (including phenoxy) is 2. The van der Waals surface area contributed by atoms with E-state index in [0.717, 1.165) is 0 Å². The molecule has 0 aliphatic heterocycles. The molecule has 1 heterocycles. The molecule has 0 amide bonds. The Balaban J connectivity index is 2.45. The van der Waals surface area contributed by atoms with Crippen LogP contribution in [0.15, 0.2) is 30.3 Å². The van der Waals surface area contributed by atoms with Crippen molar-refractivity contribution < 1.29 is 37.0 Å². The van der Waals surface area contributed by atoms with Gasteiger partial charge in [0.05, 0.1) is 5.69 Å². The van der Waals surface area contributed by atoms with Gasteiger partial charge in [0.2, 0.25) is 0 Å². The first kappa shape index (κ1) is 21.2. The van der Waals surface area contributed by atoms with Gasteiger partial charge in [-0.1, -0.05) is 30.3 Å². The molecule has 0 saturated carbocycles. The van der Waals surface area contributed by atoms with Gasteiger partial charge in [0, 0.05) is 0 Å². The number of hydrogen-bond acceptors (Lipinski definition) is 5. The molecule has 1 aromatic carbocycles. The molecule has 6 nitrogen and oxygen atoms in total. The maximum atomic E-state index is 13.6. The van der Waals surface area contributed by atoms with Crippen LogP contribution in [-0.4, -0.2) is 28.8 Å². The molecule has 0 atom stereocenters. The second kappa shape index (κ2) is 7.87. The van der Waals surface area contributed by atoms with E-state index < -0.39 is 46.2 Å². The van der Waals surface area contributed by atoms with Crippen LogP contribution in [0.2, 0.25) is 0 Å². The van der Waals surface area contributed by atoms with Crippen LogP contribution in [0.4, 0.5) is 13.2 Å². The zero-order valence-corrected chi connectivity index (χ0v) is 15.3. The molecule has 0 bridgehead atoms. The Hall–Kier alpha value is -3.10. The van der Waals surface area contributed by atoms with E-state index in [1.165, 1.54) is 20.8 Å². The van der Waals surface area contributed by atoms with Gasteiger partial charge in [-0.15, -0.1) is 0 Å². The molecule has 0 saturated heterocycles. The molecular weight excluding hydrogens is 379 g/mol. The number of aromatic amines is 1. The predicted octanol–water partition coefficient (Wildman–Crippen LogP) is 4.16. The van der Waals surface area contributed by atoms with E-state index in [-0.39, 0.29) is 12.9 Å². The third-order valence-corrected chi connectivity index (χ3v) is 3.45. The van der Waals surface area contributed by atoms with Gasteiger partial charge in [-0.3, -0.25) is 4.79 Å². The van der Waals surface area contributed by atoms with Crippen molar-refractivity contribution >= 4 is 18.2 Å². The number of aromatic nitrogens is 1. The summed E-state index contributed by atoms with van der Waals surface area (Å²) in [6, 6.07) is 8.31. The SMILES string of the molecule is CC(C)(C)OC(=O)c1c(C=O)[nH]c(C(=O)OCc2ccccc2)c1C(F)(F)F. The van der Waals surface area contributed by atoms with E-state index >= 15 is 0 Å². The number of esters is 2. The fourth-order valence-corrected chi connectivity index (χ4v) is 2.38. The summed E-state index contributed by atoms with van der Waals surface area (Å²) in [5, 5.41) is 0. The number of halogens is 3. The summed E-state index contributed by atoms with van der Waals surface area (Å²) in [6.45, 7) is 4.09. The highest BCUT2D eigenvalue weighted by Gasteiger charge is 2.44. The van der Waals surface area contributed by atoms with Crippen molar-refractivity contribution in [1.29, 1.82) is 0 Å². The molecule has 1 N–H and O–H groups in total. The first-order chi connectivity index (χ1) is 12.9. The molecule has 2 aromatic rings. The molecule has 0 spiro atoms. The second-order valence-corrected chi connectivity index (χ2v) is 6.84. The molecule has 1 aromatic heterocycles. The number of carbonyl (C=O) groups is 3. The number of H-pyrrole nitrogens is 1. The average Bonchev–Trinajstić information content (AvgIpc) is 2.99. The topological polar surface area (TPSA) is 85.5 Å². The number of alkyl halides is 3. The predicted molar refractivity (Wildman–Crippen MR) is 91.9 cm³/mol. The number of aldehydes is 1. The van der Waals surface area contributed by atoms with E-state index in [4.69, 9.17) is 9.47 Å². The minimum atomic E-state index is -5.11. The van der Waals surface area contributed by atoms with E-state index in [1.54, 1.807) is 30.3 Å². The summed E-state index contributed by atoms with van der Waals surface area (Å²) in [4.78, 5) is 37.8. The first-order valence-electron chi connectivity index (χ1n) is 8.16. The zero-order valence-electron chi connectivity index (χ0n) is 15.3. The monoisotopic (exact) mass is 397 g/mol. The van der Waals surface area contributed by atoms with Gasteiger partial charge in [0.25, 0.3) is 0 Å². The summed E-state index contributed by atoms with van der Waals surface area (Å²) >= 11 is 0. The molecule has 0 fully saturated rings. The molecule has 0 unspecified atom stereocenters. The Morgan fingerprint density at radius 2 is 1.68 bits per heavy atom. The van der Waals surface area contributed by atoms with Crippen LogP contribution in [-0.2, 0) is 22.3 Å². The van der Waals surface area contributed by atoms with E-state index in [2.05, 4.69) is 0 Å². The third-order valence-electron chi connectivity index (χ3n) is 3.45. The Bertz CT molecular complexity index is 879. The van der Waals surface area contributed by atoms with Gasteiger partial charge >= 0.3 is 18.1 Å². The Morgan fingerprint density at radius 1 is 1.07 bits per heavy atom. The third kappa shape index (κ3) is 4.99. The van der Waals surface area contributed by atoms with Crippen molar-refractivity contribution in [1.82, 2.24) is 4.98 Å². The Kier molecular flexibility index (Phi) is 5.96. The largest absolute Gasteiger partial charge is 0.456 e. The van der Waals surface area contributed by atoms with Crippen molar-refractivity contribution in [3.05, 3.63) is 58.4 Å². The maximum Gasteiger partial charge on any atom is 0.419 e. The smallest absolute Gasteiger partial charge is 0.419 e. The van der Waals surface area contributed by atoms with Crippen molar-refractivity contribution in [2.45, 2.75) is 39.2 Å². The minimum absolute atomic E-state index is 0.0163. The van der Waals surface area contributed by atoms with Crippen molar-refractivity contribution in [2.24, 2.45) is 0 Å². The molecule has 2 rings (SSSR count). The zero-order chi connectivity index (χ0) is 21.1. The highest BCUT2D eigenvalue weighted by atomic mass is 19.4. The highest BCUT2D eigenvalue weighted by Crippen LogP contribution is 2.37. The number of nitrogens with one attached hydrogen (secondary N) is 1. The summed E-state index contributed by atoms with van der Waals surface area (Å²) in [6.07, 6.45) is -5.09. The lowest BCUT2D eigenvalue weighted by Crippen LogP contribution is -2.26. The quantitative estimate of drug-likeness (QED) is 0.605. The van der Waals surface area contributed by atoms with Gasteiger partial charge in [0.1, 0.15) is 29.0 Å². The molecule has 0 radical (unpaired) electrons. The molecule has 0 aliphatic carbocycles. The van der Waals surface area contributed by atoms with Crippen LogP contribution >= 0.6 is 0 Å². The number of rotatable bonds is 5. The lowest BCUT2D eigenvalue weighted by atomic mass is 10.1. The van der Waals surface area contributed by atoms with Crippen LogP contribution in [0, 0.1) is 0 Å². The van der Waals surface area contributed by atoms with Crippen LogP contribution in [0.1, 0.15) is 63.2 Å². The van der Waals surface area contributed by atoms with Gasteiger partial charge in [-0.2, -0.15) is 13.2 Å². The van der Waals surface area contributed by atoms with E-state index in [9.17, 15) is 27.6 Å². The van der Waals surface area contributed by atoms with Crippen molar-refractivity contribution in [2.75, 3.05) is 0 Å². The maximum absolute atomic E-state index is 13.6. The molecular formula is C19H18F3NO5. The summed E-state index contributed by atoms with van der Waals surface area (Å²) < 4.78 is 50.7. The molecule has 0 aliphatic rings. The highest BCUT2D eigenvalue weighted by molar-refractivity contribution is 6.03. The number of hydrogen-bond donors (Lipinski definition) is 1. The molecule has 150 valence electrons. The van der Waals surface area contributed by atoms with Crippen molar-refractivity contribution in [3.63, 3.8) is 0 Å². The molecule has 28 heavy (non-hydrogen) atoms. The average molecular weight is 397 g/mol. The standard InChI is InChI=1S/C19H18F3NO5/c1-18(2,3)28-16(25)13-12(9-24)23-15(14(13)19(20,21)22)17(26)27-10-11-7-5-4-6-8-11/h4-9,23H,10H2,1-3H3. The summed E-state index contributed by atoms with van der Waals surface area (Å²) in [5.41, 5.74) is -4.95. The van der Waals surface area contributed by atoms with Crippen LogP contribution in [0.3, 0.4) is 0 Å². The van der Waals surface area contributed by atoms with Crippen molar-refractivity contribution in [3.8, 4) is 0 Å². The van der Waals surface area contributed by atoms with Gasteiger partial charge in [0.15, 0.2) is 6.29 Å². The Morgan fingerprint density at radius 3 is 2.18 bits per heavy atom. The number of carbonyl (C=O) groups excluding carboxylic acids is 3. The van der Waals surface area contributed by atoms with Crippen LogP contribution in [0.25, 0.3) is 0 Å². The fourth-order valence-electron chi connectivity index (χ4n) is 2.38. The molecule has 9 heteroatoms. The van der Waals surface area contributed by atoms with Gasteiger partial charge in [-0.05, 0) is 26.3 Å². The van der Waals surface area contributed by atoms with Crippen LogP contribution in [0.5, 0.6) is 0 Å². The summed E-state index contributed by atoms with van der Waals surface area (Å²) in [5.74, 6) is -2.73. The summed E-state index contributed by atoms with van der Waals surface area (Å²) in [7, 11) is 0. The number of benzene rings is 1. The van der Waals surface area contributed by atoms with Gasteiger partial charge < -0.3 is 14.5 Å². The lowest BCUT2D eigenvalue weighted by molar-refractivity contribution is -0.138. The Labute approximate surface area is 158 Å². The second-order valence-electron chi connectivity index (χ2n) is 6.84. The van der Waals surface area contributed by atoms with E-state index in [0.29, 0.717) is 5.56 Å². The normalized spacial score (nSPS) is 11.8. The lowest BCUT2D eigenvalue weighted by Gasteiger charge is -2.20. The van der Waals surface area contributed by atoms with E-state index in [1.807, 2.05) is 4.98 Å². The van der Waals surface area contributed by atoms with Crippen LogP contribution < -0.4 is 0 Å². The fraction of sp³-hybridized carbons (Fsp3) is 0.316.